The van der Waals surface area contributed by atoms with Gasteiger partial charge in [0.25, 0.3) is 5.91 Å². The van der Waals surface area contributed by atoms with Crippen LogP contribution >= 0.6 is 0 Å². The van der Waals surface area contributed by atoms with Crippen molar-refractivity contribution in [3.05, 3.63) is 77.0 Å². The molecular formula is C20H19FN4O. The third-order valence-corrected chi connectivity index (χ3v) is 3.97. The van der Waals surface area contributed by atoms with E-state index in [4.69, 9.17) is 0 Å². The Morgan fingerprint density at radius 1 is 0.962 bits per heavy atom. The molecule has 1 amide bonds. The van der Waals surface area contributed by atoms with Crippen LogP contribution in [0.1, 0.15) is 27.4 Å². The second-order valence-corrected chi connectivity index (χ2v) is 6.04. The molecule has 2 N–H and O–H groups in total. The summed E-state index contributed by atoms with van der Waals surface area (Å²) < 4.78 is 13.8. The molecule has 3 rings (SSSR count). The fraction of sp³-hybridized carbons (Fsp3) is 0.150. The number of aromatic nitrogens is 2. The Morgan fingerprint density at radius 2 is 1.73 bits per heavy atom. The Labute approximate surface area is 151 Å². The molecule has 6 heteroatoms. The molecule has 0 aliphatic heterocycles. The third kappa shape index (κ3) is 4.03. The Bertz CT molecular complexity index is 972. The zero-order valence-corrected chi connectivity index (χ0v) is 14.8. The van der Waals surface area contributed by atoms with Gasteiger partial charge in [-0.15, -0.1) is 0 Å². The Hall–Kier alpha value is -3.28. The van der Waals surface area contributed by atoms with E-state index in [0.717, 1.165) is 11.1 Å². The number of para-hydroxylation sites is 1. The van der Waals surface area contributed by atoms with Gasteiger partial charge < -0.3 is 10.6 Å². The minimum Gasteiger partial charge on any atom is -0.338 e. The van der Waals surface area contributed by atoms with Crippen LogP contribution in [0.2, 0.25) is 0 Å². The molecule has 0 saturated carbocycles. The van der Waals surface area contributed by atoms with Gasteiger partial charge in [-0.05, 0) is 56.2 Å². The minimum absolute atomic E-state index is 0.203. The highest BCUT2D eigenvalue weighted by atomic mass is 19.1. The largest absolute Gasteiger partial charge is 0.338 e. The molecule has 2 aromatic carbocycles. The van der Waals surface area contributed by atoms with Crippen LogP contribution in [-0.2, 0) is 0 Å². The van der Waals surface area contributed by atoms with E-state index in [1.165, 1.54) is 12.1 Å². The predicted octanol–water partition coefficient (Wildman–Crippen LogP) is 4.54. The van der Waals surface area contributed by atoms with Crippen molar-refractivity contribution in [3.63, 3.8) is 0 Å². The molecule has 1 heterocycles. The van der Waals surface area contributed by atoms with Crippen LogP contribution in [0.15, 0.2) is 48.5 Å². The van der Waals surface area contributed by atoms with Crippen LogP contribution in [0.4, 0.5) is 21.6 Å². The van der Waals surface area contributed by atoms with E-state index in [1.807, 2.05) is 32.0 Å². The fourth-order valence-corrected chi connectivity index (χ4v) is 2.46. The molecule has 1 aromatic heterocycles. The Morgan fingerprint density at radius 3 is 2.46 bits per heavy atom. The first-order valence-electron chi connectivity index (χ1n) is 8.18. The molecule has 0 aliphatic rings. The zero-order valence-electron chi connectivity index (χ0n) is 14.8. The molecule has 0 atom stereocenters. The van der Waals surface area contributed by atoms with E-state index >= 15 is 0 Å². The van der Waals surface area contributed by atoms with E-state index in [9.17, 15) is 9.18 Å². The number of aryl methyl sites for hydroxylation is 3. The van der Waals surface area contributed by atoms with Crippen molar-refractivity contribution in [1.29, 1.82) is 0 Å². The summed E-state index contributed by atoms with van der Waals surface area (Å²) in [5.41, 5.74) is 3.42. The summed E-state index contributed by atoms with van der Waals surface area (Å²) in [6, 6.07) is 13.5. The van der Waals surface area contributed by atoms with Crippen LogP contribution in [0.5, 0.6) is 0 Å². The van der Waals surface area contributed by atoms with Crippen LogP contribution < -0.4 is 10.6 Å². The first-order valence-corrected chi connectivity index (χ1v) is 8.18. The SMILES string of the molecule is Cc1nc(Nc2ccccc2F)cc(C(=O)Nc2ccc(C)c(C)c2)n1. The van der Waals surface area contributed by atoms with Gasteiger partial charge in [-0.2, -0.15) is 0 Å². The standard InChI is InChI=1S/C20H19FN4O/c1-12-8-9-15(10-13(12)2)24-20(26)18-11-19(23-14(3)22-18)25-17-7-5-4-6-16(17)21/h4-11H,1-3H3,(H,24,26)(H,22,23,25). The van der Waals surface area contributed by atoms with E-state index in [1.54, 1.807) is 25.1 Å². The van der Waals surface area contributed by atoms with Crippen molar-refractivity contribution in [1.82, 2.24) is 9.97 Å². The number of nitrogens with zero attached hydrogens (tertiary/aromatic N) is 2. The molecule has 0 saturated heterocycles. The highest BCUT2D eigenvalue weighted by Crippen LogP contribution is 2.20. The number of carbonyl (C=O) groups is 1. The molecular weight excluding hydrogens is 331 g/mol. The second kappa shape index (κ2) is 7.31. The van der Waals surface area contributed by atoms with Gasteiger partial charge in [-0.1, -0.05) is 18.2 Å². The Balaban J connectivity index is 1.83. The molecule has 0 aliphatic carbocycles. The number of hydrogen-bond donors (Lipinski definition) is 2. The van der Waals surface area contributed by atoms with E-state index in [0.29, 0.717) is 17.3 Å². The molecule has 0 fully saturated rings. The quantitative estimate of drug-likeness (QED) is 0.725. The smallest absolute Gasteiger partial charge is 0.274 e. The normalized spacial score (nSPS) is 10.5. The first kappa shape index (κ1) is 17.5. The number of anilines is 3. The van der Waals surface area contributed by atoms with Crippen molar-refractivity contribution in [3.8, 4) is 0 Å². The average molecular weight is 350 g/mol. The maximum absolute atomic E-state index is 13.8. The lowest BCUT2D eigenvalue weighted by molar-refractivity contribution is 0.102. The Kier molecular flexibility index (Phi) is 4.93. The summed E-state index contributed by atoms with van der Waals surface area (Å²) in [7, 11) is 0. The van der Waals surface area contributed by atoms with Crippen molar-refractivity contribution in [2.45, 2.75) is 20.8 Å². The summed E-state index contributed by atoms with van der Waals surface area (Å²) in [4.78, 5) is 20.9. The summed E-state index contributed by atoms with van der Waals surface area (Å²) in [6.45, 7) is 5.67. The summed E-state index contributed by atoms with van der Waals surface area (Å²) in [5.74, 6) is 0.0182. The molecule has 5 nitrogen and oxygen atoms in total. The van der Waals surface area contributed by atoms with E-state index < -0.39 is 5.82 Å². The fourth-order valence-electron chi connectivity index (χ4n) is 2.46. The van der Waals surface area contributed by atoms with E-state index in [-0.39, 0.29) is 17.3 Å². The number of halogens is 1. The number of nitrogens with one attached hydrogen (secondary N) is 2. The molecule has 26 heavy (non-hydrogen) atoms. The van der Waals surface area contributed by atoms with Gasteiger partial charge in [0.2, 0.25) is 0 Å². The highest BCUT2D eigenvalue weighted by molar-refractivity contribution is 6.03. The van der Waals surface area contributed by atoms with Crippen molar-refractivity contribution in [2.24, 2.45) is 0 Å². The second-order valence-electron chi connectivity index (χ2n) is 6.04. The predicted molar refractivity (Wildman–Crippen MR) is 100 cm³/mol. The average Bonchev–Trinajstić information content (AvgIpc) is 2.60. The van der Waals surface area contributed by atoms with Crippen LogP contribution in [0.3, 0.4) is 0 Å². The molecule has 0 spiro atoms. The van der Waals surface area contributed by atoms with Crippen molar-refractivity contribution in [2.75, 3.05) is 10.6 Å². The molecule has 3 aromatic rings. The highest BCUT2D eigenvalue weighted by Gasteiger charge is 2.12. The van der Waals surface area contributed by atoms with Gasteiger partial charge in [-0.25, -0.2) is 14.4 Å². The molecule has 0 bridgehead atoms. The van der Waals surface area contributed by atoms with Gasteiger partial charge in [0, 0.05) is 11.8 Å². The minimum atomic E-state index is -0.398. The topological polar surface area (TPSA) is 66.9 Å². The van der Waals surface area contributed by atoms with Crippen molar-refractivity contribution >= 4 is 23.1 Å². The zero-order chi connectivity index (χ0) is 18.7. The lowest BCUT2D eigenvalue weighted by Gasteiger charge is -2.10. The summed E-state index contributed by atoms with van der Waals surface area (Å²) in [5, 5.41) is 5.71. The monoisotopic (exact) mass is 350 g/mol. The van der Waals surface area contributed by atoms with Gasteiger partial charge in [0.15, 0.2) is 0 Å². The summed E-state index contributed by atoms with van der Waals surface area (Å²) in [6.07, 6.45) is 0. The number of hydrogen-bond acceptors (Lipinski definition) is 4. The van der Waals surface area contributed by atoms with Gasteiger partial charge in [-0.3, -0.25) is 4.79 Å². The molecule has 0 radical (unpaired) electrons. The number of carbonyl (C=O) groups excluding carboxylic acids is 1. The lowest BCUT2D eigenvalue weighted by atomic mass is 10.1. The van der Waals surface area contributed by atoms with Crippen LogP contribution in [-0.4, -0.2) is 15.9 Å². The van der Waals surface area contributed by atoms with Gasteiger partial charge >= 0.3 is 0 Å². The van der Waals surface area contributed by atoms with Crippen LogP contribution in [0.25, 0.3) is 0 Å². The van der Waals surface area contributed by atoms with Crippen LogP contribution in [0, 0.1) is 26.6 Å². The molecule has 0 unspecified atom stereocenters. The number of amides is 1. The van der Waals surface area contributed by atoms with Gasteiger partial charge in [0.1, 0.15) is 23.2 Å². The maximum Gasteiger partial charge on any atom is 0.274 e. The third-order valence-electron chi connectivity index (χ3n) is 3.97. The number of rotatable bonds is 4. The number of benzene rings is 2. The molecule has 132 valence electrons. The first-order chi connectivity index (χ1) is 12.4. The van der Waals surface area contributed by atoms with E-state index in [2.05, 4.69) is 20.6 Å². The van der Waals surface area contributed by atoms with Crippen molar-refractivity contribution < 1.29 is 9.18 Å². The summed E-state index contributed by atoms with van der Waals surface area (Å²) >= 11 is 0. The lowest BCUT2D eigenvalue weighted by Crippen LogP contribution is -2.15. The van der Waals surface area contributed by atoms with Gasteiger partial charge in [0.05, 0.1) is 5.69 Å². The maximum atomic E-state index is 13.8.